The first kappa shape index (κ1) is 15.1. The zero-order valence-corrected chi connectivity index (χ0v) is 14.7. The molecule has 24 heavy (non-hydrogen) atoms. The fourth-order valence-corrected chi connectivity index (χ4v) is 2.99. The van der Waals surface area contributed by atoms with Crippen LogP contribution >= 0.6 is 11.6 Å². The molecule has 4 aromatic rings. The van der Waals surface area contributed by atoms with Gasteiger partial charge in [0.1, 0.15) is 6.33 Å². The SMILES string of the molecule is Cc1nn(C[C@H](C)c2nc3c4cnn(C)c4ncn3n2)c(C)c1Cl. The smallest absolute Gasteiger partial charge is 0.170 e. The maximum Gasteiger partial charge on any atom is 0.170 e. The van der Waals surface area contributed by atoms with Crippen LogP contribution < -0.4 is 0 Å². The standard InChI is InChI=1S/C15H17ClN8/c1-8(6-23-10(3)12(16)9(2)20-23)13-19-15-11-5-18-22(4)14(11)17-7-24(15)21-13/h5,7-8H,6H2,1-4H3/t8-/m0/s1. The number of nitrogens with zero attached hydrogens (tertiary/aromatic N) is 8. The van der Waals surface area contributed by atoms with Crippen molar-refractivity contribution in [3.8, 4) is 0 Å². The van der Waals surface area contributed by atoms with Gasteiger partial charge in [-0.25, -0.2) is 14.5 Å². The van der Waals surface area contributed by atoms with E-state index in [1.54, 1.807) is 21.7 Å². The van der Waals surface area contributed by atoms with Gasteiger partial charge in [-0.3, -0.25) is 9.36 Å². The molecule has 4 heterocycles. The summed E-state index contributed by atoms with van der Waals surface area (Å²) in [6, 6.07) is 0. The Morgan fingerprint density at radius 2 is 2.00 bits per heavy atom. The molecule has 0 aliphatic heterocycles. The van der Waals surface area contributed by atoms with Crippen molar-refractivity contribution < 1.29 is 0 Å². The van der Waals surface area contributed by atoms with Gasteiger partial charge in [0.2, 0.25) is 0 Å². The molecule has 124 valence electrons. The predicted molar refractivity (Wildman–Crippen MR) is 90.2 cm³/mol. The van der Waals surface area contributed by atoms with E-state index in [1.807, 2.05) is 25.6 Å². The van der Waals surface area contributed by atoms with Crippen molar-refractivity contribution in [3.63, 3.8) is 0 Å². The molecule has 0 aromatic carbocycles. The monoisotopic (exact) mass is 344 g/mol. The van der Waals surface area contributed by atoms with Crippen LogP contribution in [0.5, 0.6) is 0 Å². The topological polar surface area (TPSA) is 78.7 Å². The Bertz CT molecular complexity index is 1060. The first-order valence-corrected chi connectivity index (χ1v) is 8.06. The van der Waals surface area contributed by atoms with E-state index in [1.165, 1.54) is 0 Å². The zero-order chi connectivity index (χ0) is 17.0. The summed E-state index contributed by atoms with van der Waals surface area (Å²) in [7, 11) is 1.86. The van der Waals surface area contributed by atoms with Gasteiger partial charge >= 0.3 is 0 Å². The highest BCUT2D eigenvalue weighted by molar-refractivity contribution is 6.31. The molecule has 8 nitrogen and oxygen atoms in total. The molecule has 0 radical (unpaired) electrons. The number of hydrogen-bond donors (Lipinski definition) is 0. The van der Waals surface area contributed by atoms with Crippen LogP contribution in [0.1, 0.15) is 30.1 Å². The van der Waals surface area contributed by atoms with Gasteiger partial charge in [0.25, 0.3) is 0 Å². The molecule has 0 bridgehead atoms. The molecule has 0 saturated heterocycles. The van der Waals surface area contributed by atoms with Gasteiger partial charge in [0.15, 0.2) is 17.1 Å². The summed E-state index contributed by atoms with van der Waals surface area (Å²) in [4.78, 5) is 9.07. The van der Waals surface area contributed by atoms with E-state index in [4.69, 9.17) is 16.6 Å². The van der Waals surface area contributed by atoms with Crippen molar-refractivity contribution in [3.05, 3.63) is 34.8 Å². The van der Waals surface area contributed by atoms with Crippen LogP contribution in [0.4, 0.5) is 0 Å². The Kier molecular flexibility index (Phi) is 3.31. The van der Waals surface area contributed by atoms with E-state index in [0.29, 0.717) is 11.6 Å². The second-order valence-electron chi connectivity index (χ2n) is 6.06. The van der Waals surface area contributed by atoms with Crippen LogP contribution in [0, 0.1) is 13.8 Å². The Morgan fingerprint density at radius 3 is 2.71 bits per heavy atom. The summed E-state index contributed by atoms with van der Waals surface area (Å²) < 4.78 is 5.33. The first-order chi connectivity index (χ1) is 11.5. The molecular formula is C15H17ClN8. The fourth-order valence-electron chi connectivity index (χ4n) is 2.86. The number of aromatic nitrogens is 8. The number of rotatable bonds is 3. The molecule has 9 heteroatoms. The van der Waals surface area contributed by atoms with Crippen molar-refractivity contribution in [2.24, 2.45) is 7.05 Å². The highest BCUT2D eigenvalue weighted by atomic mass is 35.5. The lowest BCUT2D eigenvalue weighted by Gasteiger charge is -2.09. The van der Waals surface area contributed by atoms with E-state index in [9.17, 15) is 0 Å². The van der Waals surface area contributed by atoms with Crippen molar-refractivity contribution in [1.29, 1.82) is 0 Å². The minimum Gasteiger partial charge on any atom is -0.267 e. The van der Waals surface area contributed by atoms with Crippen LogP contribution in [0.2, 0.25) is 5.02 Å². The lowest BCUT2D eigenvalue weighted by molar-refractivity contribution is 0.512. The van der Waals surface area contributed by atoms with Crippen LogP contribution in [-0.2, 0) is 13.6 Å². The second kappa shape index (κ2) is 5.27. The molecule has 0 aliphatic rings. The van der Waals surface area contributed by atoms with E-state index in [0.717, 1.165) is 33.9 Å². The third kappa shape index (κ3) is 2.17. The maximum atomic E-state index is 6.22. The van der Waals surface area contributed by atoms with Crippen molar-refractivity contribution >= 4 is 28.3 Å². The summed E-state index contributed by atoms with van der Waals surface area (Å²) in [6.45, 7) is 6.62. The highest BCUT2D eigenvalue weighted by Gasteiger charge is 2.18. The lowest BCUT2D eigenvalue weighted by atomic mass is 10.1. The summed E-state index contributed by atoms with van der Waals surface area (Å²) in [5.41, 5.74) is 3.35. The minimum absolute atomic E-state index is 0.0886. The third-order valence-corrected chi connectivity index (χ3v) is 4.81. The molecule has 0 amide bonds. The van der Waals surface area contributed by atoms with E-state index >= 15 is 0 Å². The van der Waals surface area contributed by atoms with Crippen molar-refractivity contribution in [2.75, 3.05) is 0 Å². The summed E-state index contributed by atoms with van der Waals surface area (Å²) >= 11 is 6.22. The zero-order valence-electron chi connectivity index (χ0n) is 13.9. The lowest BCUT2D eigenvalue weighted by Crippen LogP contribution is -2.10. The fraction of sp³-hybridized carbons (Fsp3) is 0.400. The van der Waals surface area contributed by atoms with Gasteiger partial charge in [0, 0.05) is 13.0 Å². The molecule has 0 N–H and O–H groups in total. The molecule has 4 rings (SSSR count). The molecule has 4 aromatic heterocycles. The van der Waals surface area contributed by atoms with Crippen LogP contribution in [0.3, 0.4) is 0 Å². The molecular weight excluding hydrogens is 328 g/mol. The van der Waals surface area contributed by atoms with E-state index < -0.39 is 0 Å². The maximum absolute atomic E-state index is 6.22. The number of fused-ring (bicyclic) bond motifs is 3. The number of hydrogen-bond acceptors (Lipinski definition) is 5. The Morgan fingerprint density at radius 1 is 1.21 bits per heavy atom. The largest absolute Gasteiger partial charge is 0.267 e. The van der Waals surface area contributed by atoms with E-state index in [-0.39, 0.29) is 5.92 Å². The minimum atomic E-state index is 0.0886. The van der Waals surface area contributed by atoms with Crippen molar-refractivity contribution in [1.82, 2.24) is 39.1 Å². The van der Waals surface area contributed by atoms with Crippen LogP contribution in [0.15, 0.2) is 12.5 Å². The Balaban J connectivity index is 1.73. The normalized spacial score (nSPS) is 13.2. The van der Waals surface area contributed by atoms with Gasteiger partial charge in [-0.1, -0.05) is 18.5 Å². The average Bonchev–Trinajstić information content (AvgIpc) is 3.21. The van der Waals surface area contributed by atoms with Gasteiger partial charge in [-0.2, -0.15) is 10.2 Å². The van der Waals surface area contributed by atoms with Gasteiger partial charge in [-0.05, 0) is 13.8 Å². The molecule has 0 saturated carbocycles. The molecule has 1 atom stereocenters. The first-order valence-electron chi connectivity index (χ1n) is 7.68. The Labute approximate surface area is 143 Å². The predicted octanol–water partition coefficient (Wildman–Crippen LogP) is 2.28. The molecule has 0 aliphatic carbocycles. The number of aryl methyl sites for hydroxylation is 2. The summed E-state index contributed by atoms with van der Waals surface area (Å²) in [6.07, 6.45) is 3.43. The summed E-state index contributed by atoms with van der Waals surface area (Å²) in [5, 5.41) is 14.9. The second-order valence-corrected chi connectivity index (χ2v) is 6.43. The van der Waals surface area contributed by atoms with Gasteiger partial charge < -0.3 is 0 Å². The molecule has 0 fully saturated rings. The third-order valence-electron chi connectivity index (χ3n) is 4.27. The quantitative estimate of drug-likeness (QED) is 0.569. The van der Waals surface area contributed by atoms with E-state index in [2.05, 4.69) is 27.2 Å². The number of halogens is 1. The summed E-state index contributed by atoms with van der Waals surface area (Å²) in [5.74, 6) is 0.836. The van der Waals surface area contributed by atoms with Crippen molar-refractivity contribution in [2.45, 2.75) is 33.2 Å². The Hall–Kier alpha value is -2.48. The molecule has 0 spiro atoms. The highest BCUT2D eigenvalue weighted by Crippen LogP contribution is 2.23. The van der Waals surface area contributed by atoms with Gasteiger partial charge in [0.05, 0.1) is 34.5 Å². The van der Waals surface area contributed by atoms with Crippen LogP contribution in [-0.4, -0.2) is 39.1 Å². The van der Waals surface area contributed by atoms with Gasteiger partial charge in [-0.15, -0.1) is 5.10 Å². The molecule has 0 unspecified atom stereocenters. The van der Waals surface area contributed by atoms with Crippen LogP contribution in [0.25, 0.3) is 16.7 Å². The average molecular weight is 345 g/mol.